The number of para-hydroxylation sites is 1. The average Bonchev–Trinajstić information content (AvgIpc) is 2.66. The molecule has 5 nitrogen and oxygen atoms in total. The first-order chi connectivity index (χ1) is 13.1. The Morgan fingerprint density at radius 1 is 1.00 bits per heavy atom. The number of nitrogens with one attached hydrogen (secondary N) is 2. The van der Waals surface area contributed by atoms with Crippen LogP contribution >= 0.6 is 0 Å². The van der Waals surface area contributed by atoms with E-state index in [2.05, 4.69) is 59.7 Å². The molecular weight excluding hydrogens is 336 g/mol. The Bertz CT molecular complexity index is 728. The van der Waals surface area contributed by atoms with Crippen LogP contribution in [0.5, 0.6) is 5.75 Å². The quantitative estimate of drug-likeness (QED) is 0.527. The summed E-state index contributed by atoms with van der Waals surface area (Å²) in [5.41, 5.74) is 3.64. The number of ether oxygens (including phenoxy) is 1. The van der Waals surface area contributed by atoms with Crippen molar-refractivity contribution in [3.63, 3.8) is 0 Å². The lowest BCUT2D eigenvalue weighted by Crippen LogP contribution is -2.36. The Hall–Kier alpha value is -2.53. The first kappa shape index (κ1) is 20.8. The highest BCUT2D eigenvalue weighted by Crippen LogP contribution is 2.18. The molecule has 0 spiro atoms. The number of benzene rings is 2. The fraction of sp³-hybridized carbons (Fsp3) is 0.409. The maximum atomic E-state index is 5.93. The summed E-state index contributed by atoms with van der Waals surface area (Å²) in [6.07, 6.45) is 0. The summed E-state index contributed by atoms with van der Waals surface area (Å²) in [7, 11) is 4.09. The Morgan fingerprint density at radius 3 is 2.41 bits per heavy atom. The third kappa shape index (κ3) is 7.31. The van der Waals surface area contributed by atoms with Gasteiger partial charge in [-0.3, -0.25) is 0 Å². The number of hydrogen-bond donors (Lipinski definition) is 2. The molecule has 0 aliphatic rings. The fourth-order valence-electron chi connectivity index (χ4n) is 2.61. The number of hydrogen-bond acceptors (Lipinski definition) is 3. The van der Waals surface area contributed by atoms with Crippen molar-refractivity contribution < 1.29 is 4.74 Å². The number of aliphatic imine (C=N–C) groups is 1. The zero-order valence-electron chi connectivity index (χ0n) is 17.0. The van der Waals surface area contributed by atoms with Crippen LogP contribution in [-0.4, -0.2) is 44.7 Å². The standard InChI is InChI=1S/C22H32N4O/c1-5-23-22(24-16-19-11-7-6-10-18(19)2)25-17-20-12-8-9-13-21(20)27-15-14-26(3)4/h6-13H,5,14-17H2,1-4H3,(H2,23,24,25). The summed E-state index contributed by atoms with van der Waals surface area (Å²) in [5.74, 6) is 1.71. The lowest BCUT2D eigenvalue weighted by Gasteiger charge is -2.15. The van der Waals surface area contributed by atoms with Gasteiger partial charge in [0, 0.05) is 25.2 Å². The van der Waals surface area contributed by atoms with Gasteiger partial charge < -0.3 is 20.3 Å². The van der Waals surface area contributed by atoms with Crippen molar-refractivity contribution in [1.29, 1.82) is 0 Å². The van der Waals surface area contributed by atoms with Gasteiger partial charge in [-0.25, -0.2) is 4.99 Å². The van der Waals surface area contributed by atoms with Crippen molar-refractivity contribution in [3.05, 3.63) is 65.2 Å². The monoisotopic (exact) mass is 368 g/mol. The summed E-state index contributed by atoms with van der Waals surface area (Å²) >= 11 is 0. The van der Waals surface area contributed by atoms with E-state index in [0.717, 1.165) is 36.9 Å². The van der Waals surface area contributed by atoms with Crippen LogP contribution in [0.15, 0.2) is 53.5 Å². The normalized spacial score (nSPS) is 11.5. The molecule has 0 aliphatic heterocycles. The van der Waals surface area contributed by atoms with Crippen LogP contribution in [0.25, 0.3) is 0 Å². The highest BCUT2D eigenvalue weighted by atomic mass is 16.5. The minimum absolute atomic E-state index is 0.571. The predicted octanol–water partition coefficient (Wildman–Crippen LogP) is 3.19. The van der Waals surface area contributed by atoms with Crippen molar-refractivity contribution in [3.8, 4) is 5.75 Å². The minimum Gasteiger partial charge on any atom is -0.492 e. The van der Waals surface area contributed by atoms with Crippen molar-refractivity contribution in [1.82, 2.24) is 15.5 Å². The van der Waals surface area contributed by atoms with E-state index in [0.29, 0.717) is 13.2 Å². The van der Waals surface area contributed by atoms with Crippen LogP contribution < -0.4 is 15.4 Å². The second-order valence-corrected chi connectivity index (χ2v) is 6.73. The van der Waals surface area contributed by atoms with Gasteiger partial charge in [0.05, 0.1) is 6.54 Å². The van der Waals surface area contributed by atoms with Crippen LogP contribution in [0.1, 0.15) is 23.6 Å². The summed E-state index contributed by atoms with van der Waals surface area (Å²) in [6, 6.07) is 16.5. The number of likely N-dealkylation sites (N-methyl/N-ethyl adjacent to an activating group) is 1. The lowest BCUT2D eigenvalue weighted by atomic mass is 10.1. The van der Waals surface area contributed by atoms with E-state index < -0.39 is 0 Å². The largest absolute Gasteiger partial charge is 0.492 e. The zero-order chi connectivity index (χ0) is 19.5. The van der Waals surface area contributed by atoms with E-state index in [-0.39, 0.29) is 0 Å². The Balaban J connectivity index is 2.00. The summed E-state index contributed by atoms with van der Waals surface area (Å²) in [5, 5.41) is 6.73. The van der Waals surface area contributed by atoms with Crippen LogP contribution in [-0.2, 0) is 13.1 Å². The van der Waals surface area contributed by atoms with Crippen LogP contribution in [0.2, 0.25) is 0 Å². The minimum atomic E-state index is 0.571. The number of aryl methyl sites for hydroxylation is 1. The highest BCUT2D eigenvalue weighted by molar-refractivity contribution is 5.79. The molecule has 0 aliphatic carbocycles. The molecule has 0 saturated heterocycles. The smallest absolute Gasteiger partial charge is 0.191 e. The Kier molecular flexibility index (Phi) is 8.65. The van der Waals surface area contributed by atoms with Crippen LogP contribution in [0, 0.1) is 6.92 Å². The zero-order valence-corrected chi connectivity index (χ0v) is 17.0. The average molecular weight is 369 g/mol. The third-order valence-corrected chi connectivity index (χ3v) is 4.23. The molecule has 27 heavy (non-hydrogen) atoms. The topological polar surface area (TPSA) is 48.9 Å². The highest BCUT2D eigenvalue weighted by Gasteiger charge is 2.05. The summed E-state index contributed by atoms with van der Waals surface area (Å²) in [6.45, 7) is 7.89. The molecule has 0 radical (unpaired) electrons. The van der Waals surface area contributed by atoms with E-state index in [9.17, 15) is 0 Å². The maximum absolute atomic E-state index is 5.93. The van der Waals surface area contributed by atoms with Gasteiger partial charge >= 0.3 is 0 Å². The predicted molar refractivity (Wildman–Crippen MR) is 113 cm³/mol. The molecule has 146 valence electrons. The molecule has 0 aromatic heterocycles. The van der Waals surface area contributed by atoms with Gasteiger partial charge in [0.1, 0.15) is 12.4 Å². The van der Waals surface area contributed by atoms with Gasteiger partial charge in [-0.1, -0.05) is 42.5 Å². The van der Waals surface area contributed by atoms with Gasteiger partial charge in [0.15, 0.2) is 5.96 Å². The molecule has 0 fully saturated rings. The number of nitrogens with zero attached hydrogens (tertiary/aromatic N) is 2. The lowest BCUT2D eigenvalue weighted by molar-refractivity contribution is 0.259. The molecule has 2 aromatic rings. The molecule has 2 rings (SSSR count). The van der Waals surface area contributed by atoms with Crippen LogP contribution in [0.4, 0.5) is 0 Å². The fourth-order valence-corrected chi connectivity index (χ4v) is 2.61. The first-order valence-corrected chi connectivity index (χ1v) is 9.52. The Morgan fingerprint density at radius 2 is 1.70 bits per heavy atom. The summed E-state index contributed by atoms with van der Waals surface area (Å²) in [4.78, 5) is 6.85. The van der Waals surface area contributed by atoms with Gasteiger partial charge in [-0.05, 0) is 45.1 Å². The first-order valence-electron chi connectivity index (χ1n) is 9.52. The number of rotatable bonds is 9. The van der Waals surface area contributed by atoms with E-state index >= 15 is 0 Å². The molecule has 2 N–H and O–H groups in total. The van der Waals surface area contributed by atoms with E-state index in [1.165, 1.54) is 11.1 Å². The van der Waals surface area contributed by atoms with Crippen LogP contribution in [0.3, 0.4) is 0 Å². The molecule has 0 heterocycles. The SMILES string of the molecule is CCNC(=NCc1ccccc1OCCN(C)C)NCc1ccccc1C. The molecule has 2 aromatic carbocycles. The molecule has 5 heteroatoms. The van der Waals surface area contributed by atoms with E-state index in [1.54, 1.807) is 0 Å². The van der Waals surface area contributed by atoms with Gasteiger partial charge in [0.25, 0.3) is 0 Å². The van der Waals surface area contributed by atoms with Crippen molar-refractivity contribution >= 4 is 5.96 Å². The number of guanidine groups is 1. The van der Waals surface area contributed by atoms with Crippen molar-refractivity contribution in [2.45, 2.75) is 26.9 Å². The second-order valence-electron chi connectivity index (χ2n) is 6.73. The molecule has 0 amide bonds. The van der Waals surface area contributed by atoms with E-state index in [1.807, 2.05) is 32.3 Å². The van der Waals surface area contributed by atoms with Gasteiger partial charge in [-0.2, -0.15) is 0 Å². The molecule has 0 bridgehead atoms. The maximum Gasteiger partial charge on any atom is 0.191 e. The molecular formula is C22H32N4O. The third-order valence-electron chi connectivity index (χ3n) is 4.23. The van der Waals surface area contributed by atoms with Crippen molar-refractivity contribution in [2.75, 3.05) is 33.8 Å². The van der Waals surface area contributed by atoms with Crippen molar-refractivity contribution in [2.24, 2.45) is 4.99 Å². The summed E-state index contributed by atoms with van der Waals surface area (Å²) < 4.78 is 5.93. The second kappa shape index (κ2) is 11.2. The molecule has 0 unspecified atom stereocenters. The van der Waals surface area contributed by atoms with Gasteiger partial charge in [-0.15, -0.1) is 0 Å². The Labute approximate surface area is 163 Å². The van der Waals surface area contributed by atoms with Gasteiger partial charge in [0.2, 0.25) is 0 Å². The molecule has 0 atom stereocenters. The molecule has 0 saturated carbocycles. The van der Waals surface area contributed by atoms with E-state index in [4.69, 9.17) is 9.73 Å².